The Kier molecular flexibility index (Phi) is 4.30. The molecule has 0 amide bonds. The minimum Gasteiger partial charge on any atom is -0.497 e. The van der Waals surface area contributed by atoms with Crippen LogP contribution in [-0.2, 0) is 13.2 Å². The summed E-state index contributed by atoms with van der Waals surface area (Å²) in [7, 11) is 3.58. The van der Waals surface area contributed by atoms with Gasteiger partial charge in [-0.2, -0.15) is 0 Å². The zero-order chi connectivity index (χ0) is 13.7. The minimum atomic E-state index is -0.0418. The normalized spacial score (nSPS) is 10.3. The van der Waals surface area contributed by atoms with Crippen LogP contribution in [0, 0.1) is 0 Å². The van der Waals surface area contributed by atoms with Crippen LogP contribution in [0.3, 0.4) is 0 Å². The lowest BCUT2D eigenvalue weighted by molar-refractivity contribution is 0.281. The van der Waals surface area contributed by atoms with Gasteiger partial charge in [0.15, 0.2) is 0 Å². The first-order chi connectivity index (χ1) is 9.22. The molecule has 1 aromatic carbocycles. The molecule has 0 spiro atoms. The van der Waals surface area contributed by atoms with Crippen molar-refractivity contribution in [2.24, 2.45) is 0 Å². The SMILES string of the molecule is COc1cccc(CN(C)c2ncc(CO)cn2)c1. The van der Waals surface area contributed by atoms with Crippen molar-refractivity contribution in [3.63, 3.8) is 0 Å². The van der Waals surface area contributed by atoms with Gasteiger partial charge in [0.05, 0.1) is 13.7 Å². The Hall–Kier alpha value is -2.14. The number of nitrogens with zero attached hydrogens (tertiary/aromatic N) is 3. The molecule has 0 aliphatic rings. The molecule has 0 bridgehead atoms. The van der Waals surface area contributed by atoms with Crippen LogP contribution >= 0.6 is 0 Å². The van der Waals surface area contributed by atoms with Crippen molar-refractivity contribution in [1.82, 2.24) is 9.97 Å². The molecule has 100 valence electrons. The van der Waals surface area contributed by atoms with Crippen molar-refractivity contribution < 1.29 is 9.84 Å². The molecule has 0 aliphatic carbocycles. The number of hydrogen-bond donors (Lipinski definition) is 1. The summed E-state index contributed by atoms with van der Waals surface area (Å²) in [4.78, 5) is 10.4. The fourth-order valence-corrected chi connectivity index (χ4v) is 1.74. The minimum absolute atomic E-state index is 0.0418. The average molecular weight is 259 g/mol. The molecule has 0 atom stereocenters. The molecule has 5 heteroatoms. The lowest BCUT2D eigenvalue weighted by Crippen LogP contribution is -2.19. The highest BCUT2D eigenvalue weighted by molar-refractivity contribution is 5.34. The predicted octanol–water partition coefficient (Wildman–Crippen LogP) is 1.61. The van der Waals surface area contributed by atoms with Gasteiger partial charge in [0.1, 0.15) is 5.75 Å². The van der Waals surface area contributed by atoms with Crippen molar-refractivity contribution >= 4 is 5.95 Å². The van der Waals surface area contributed by atoms with E-state index in [9.17, 15) is 0 Å². The van der Waals surface area contributed by atoms with Crippen LogP contribution in [0.4, 0.5) is 5.95 Å². The number of aliphatic hydroxyl groups is 1. The van der Waals surface area contributed by atoms with Crippen LogP contribution in [-0.4, -0.2) is 29.2 Å². The Bertz CT molecular complexity index is 528. The highest BCUT2D eigenvalue weighted by Gasteiger charge is 2.06. The summed E-state index contributed by atoms with van der Waals surface area (Å²) in [5.41, 5.74) is 1.83. The monoisotopic (exact) mass is 259 g/mol. The number of aromatic nitrogens is 2. The largest absolute Gasteiger partial charge is 0.497 e. The topological polar surface area (TPSA) is 58.5 Å². The van der Waals surface area contributed by atoms with Gasteiger partial charge in [0, 0.05) is 31.5 Å². The fraction of sp³-hybridized carbons (Fsp3) is 0.286. The summed E-state index contributed by atoms with van der Waals surface area (Å²) < 4.78 is 5.19. The lowest BCUT2D eigenvalue weighted by atomic mass is 10.2. The molecule has 0 unspecified atom stereocenters. The Labute approximate surface area is 112 Å². The summed E-state index contributed by atoms with van der Waals surface area (Å²) in [6.45, 7) is 0.648. The number of aliphatic hydroxyl groups excluding tert-OH is 1. The summed E-state index contributed by atoms with van der Waals surface area (Å²) in [5, 5.41) is 8.95. The number of benzene rings is 1. The number of ether oxygens (including phenoxy) is 1. The zero-order valence-electron chi connectivity index (χ0n) is 11.1. The van der Waals surface area contributed by atoms with Gasteiger partial charge >= 0.3 is 0 Å². The van der Waals surface area contributed by atoms with Gasteiger partial charge in [-0.1, -0.05) is 12.1 Å². The van der Waals surface area contributed by atoms with E-state index >= 15 is 0 Å². The van der Waals surface area contributed by atoms with E-state index in [1.807, 2.05) is 36.2 Å². The zero-order valence-corrected chi connectivity index (χ0v) is 11.1. The van der Waals surface area contributed by atoms with Gasteiger partial charge in [-0.3, -0.25) is 0 Å². The second kappa shape index (κ2) is 6.15. The molecule has 0 saturated heterocycles. The maximum atomic E-state index is 8.95. The standard InChI is InChI=1S/C14H17N3O2/c1-17(14-15-7-12(10-18)8-16-14)9-11-4-3-5-13(6-11)19-2/h3-8,18H,9-10H2,1-2H3. The highest BCUT2D eigenvalue weighted by atomic mass is 16.5. The fourth-order valence-electron chi connectivity index (χ4n) is 1.74. The third kappa shape index (κ3) is 3.42. The number of anilines is 1. The number of hydrogen-bond acceptors (Lipinski definition) is 5. The molecule has 1 N–H and O–H groups in total. The van der Waals surface area contributed by atoms with Crippen LogP contribution in [0.1, 0.15) is 11.1 Å². The van der Waals surface area contributed by atoms with Gasteiger partial charge in [-0.15, -0.1) is 0 Å². The Balaban J connectivity index is 2.08. The molecule has 1 aromatic heterocycles. The van der Waals surface area contributed by atoms with Crippen LogP contribution < -0.4 is 9.64 Å². The maximum Gasteiger partial charge on any atom is 0.225 e. The highest BCUT2D eigenvalue weighted by Crippen LogP contribution is 2.15. The summed E-state index contributed by atoms with van der Waals surface area (Å²) in [6.07, 6.45) is 3.26. The van der Waals surface area contributed by atoms with E-state index in [-0.39, 0.29) is 6.61 Å². The number of methoxy groups -OCH3 is 1. The van der Waals surface area contributed by atoms with E-state index in [1.165, 1.54) is 0 Å². The molecular weight excluding hydrogens is 242 g/mol. The summed E-state index contributed by atoms with van der Waals surface area (Å²) in [5.74, 6) is 1.46. The maximum absolute atomic E-state index is 8.95. The Morgan fingerprint density at radius 2 is 1.95 bits per heavy atom. The average Bonchev–Trinajstić information content (AvgIpc) is 2.47. The van der Waals surface area contributed by atoms with Gasteiger partial charge < -0.3 is 14.7 Å². The van der Waals surface area contributed by atoms with E-state index in [2.05, 4.69) is 9.97 Å². The summed E-state index contributed by atoms with van der Waals surface area (Å²) >= 11 is 0. The smallest absolute Gasteiger partial charge is 0.225 e. The van der Waals surface area contributed by atoms with Crippen LogP contribution in [0.15, 0.2) is 36.7 Å². The van der Waals surface area contributed by atoms with Crippen LogP contribution in [0.25, 0.3) is 0 Å². The molecule has 0 aliphatic heterocycles. The molecule has 0 fully saturated rings. The third-order valence-electron chi connectivity index (χ3n) is 2.77. The quantitative estimate of drug-likeness (QED) is 0.884. The molecule has 1 heterocycles. The van der Waals surface area contributed by atoms with E-state index < -0.39 is 0 Å². The second-order valence-electron chi connectivity index (χ2n) is 4.26. The van der Waals surface area contributed by atoms with Gasteiger partial charge in [0.25, 0.3) is 0 Å². The molecule has 0 saturated carbocycles. The van der Waals surface area contributed by atoms with Crippen molar-refractivity contribution in [3.8, 4) is 5.75 Å². The van der Waals surface area contributed by atoms with Gasteiger partial charge in [-0.25, -0.2) is 9.97 Å². The van der Waals surface area contributed by atoms with Crippen molar-refractivity contribution in [1.29, 1.82) is 0 Å². The van der Waals surface area contributed by atoms with Gasteiger partial charge in [-0.05, 0) is 17.7 Å². The molecule has 0 radical (unpaired) electrons. The molecular formula is C14H17N3O2. The predicted molar refractivity (Wildman–Crippen MR) is 73.1 cm³/mol. The van der Waals surface area contributed by atoms with E-state index in [1.54, 1.807) is 19.5 Å². The van der Waals surface area contributed by atoms with E-state index in [0.29, 0.717) is 18.1 Å². The Morgan fingerprint density at radius 3 is 2.58 bits per heavy atom. The third-order valence-corrected chi connectivity index (χ3v) is 2.77. The van der Waals surface area contributed by atoms with Crippen LogP contribution in [0.2, 0.25) is 0 Å². The first-order valence-corrected chi connectivity index (χ1v) is 5.99. The lowest BCUT2D eigenvalue weighted by Gasteiger charge is -2.17. The molecule has 19 heavy (non-hydrogen) atoms. The second-order valence-corrected chi connectivity index (χ2v) is 4.26. The molecule has 2 rings (SSSR count). The first-order valence-electron chi connectivity index (χ1n) is 5.99. The summed E-state index contributed by atoms with van der Waals surface area (Å²) in [6, 6.07) is 7.88. The van der Waals surface area contributed by atoms with Crippen LogP contribution in [0.5, 0.6) is 5.75 Å². The number of rotatable bonds is 5. The van der Waals surface area contributed by atoms with Crippen molar-refractivity contribution in [3.05, 3.63) is 47.8 Å². The van der Waals surface area contributed by atoms with Gasteiger partial charge in [0.2, 0.25) is 5.95 Å². The van der Waals surface area contributed by atoms with E-state index in [0.717, 1.165) is 11.3 Å². The molecule has 5 nitrogen and oxygen atoms in total. The molecule has 2 aromatic rings. The first kappa shape index (κ1) is 13.3. The van der Waals surface area contributed by atoms with Crippen molar-refractivity contribution in [2.45, 2.75) is 13.2 Å². The van der Waals surface area contributed by atoms with E-state index in [4.69, 9.17) is 9.84 Å². The van der Waals surface area contributed by atoms with Crippen molar-refractivity contribution in [2.75, 3.05) is 19.1 Å². The Morgan fingerprint density at radius 1 is 1.21 bits per heavy atom.